The van der Waals surface area contributed by atoms with E-state index in [0.29, 0.717) is 62.1 Å². The molecule has 4 heterocycles. The van der Waals surface area contributed by atoms with E-state index in [1.165, 1.54) is 0 Å². The third-order valence-electron chi connectivity index (χ3n) is 11.4. The van der Waals surface area contributed by atoms with E-state index in [1.807, 2.05) is 127 Å². The fourth-order valence-electron chi connectivity index (χ4n) is 7.78. The summed E-state index contributed by atoms with van der Waals surface area (Å²) in [6, 6.07) is 66.8. The average molecular weight is 1280 g/mol. The van der Waals surface area contributed by atoms with Gasteiger partial charge in [-0.3, -0.25) is 15.7 Å². The van der Waals surface area contributed by atoms with Gasteiger partial charge in [0.25, 0.3) is 0 Å². The molecule has 0 spiro atoms. The molecule has 0 aliphatic carbocycles. The topological polar surface area (TPSA) is 114 Å². The van der Waals surface area contributed by atoms with Gasteiger partial charge in [0.15, 0.2) is 0 Å². The Morgan fingerprint density at radius 2 is 1.00 bits per heavy atom. The number of benzene rings is 6. The molecule has 0 aliphatic rings. The van der Waals surface area contributed by atoms with Gasteiger partial charge in [-0.25, -0.2) is 17.7 Å². The van der Waals surface area contributed by atoms with Crippen LogP contribution < -0.4 is 14.5 Å². The molecule has 0 aliphatic heterocycles. The molecule has 0 radical (unpaired) electrons. The first-order valence-electron chi connectivity index (χ1n) is 21.9. The fourth-order valence-corrected chi connectivity index (χ4v) is 7.78. The molecule has 6 aromatic carbocycles. The maximum Gasteiger partial charge on any atom is 3.00 e. The summed E-state index contributed by atoms with van der Waals surface area (Å²) in [7, 11) is 3.40. The van der Waals surface area contributed by atoms with Crippen molar-refractivity contribution in [2.24, 2.45) is 0 Å². The summed E-state index contributed by atoms with van der Waals surface area (Å²) in [5.74, 6) is 0.542. The number of pyridine rings is 3. The Labute approximate surface area is 439 Å². The smallest absolute Gasteiger partial charge is 0.515 e. The zero-order valence-corrected chi connectivity index (χ0v) is 42.6. The van der Waals surface area contributed by atoms with Crippen LogP contribution in [0.4, 0.5) is 11.4 Å². The van der Waals surface area contributed by atoms with Crippen molar-refractivity contribution in [2.75, 3.05) is 23.9 Å². The largest absolute Gasteiger partial charge is 3.00 e. The summed E-state index contributed by atoms with van der Waals surface area (Å²) in [5, 5.41) is 0. The molecule has 0 saturated heterocycles. The van der Waals surface area contributed by atoms with E-state index in [-0.39, 0.29) is 53.0 Å². The Hall–Kier alpha value is -8.07. The SMILES string of the molecule is CN(C(=O)c1cc(C(=O)N(C)c2c[c-]c(-c3ccccn3)cc2)cc(-c2ccccc2-c2c[c-]c(-c3ncccn3)[c-]c2Oc2[c-]c(-c3ccccn3)ccc2)c1)c1c[c-]c(-c2ccccn2)cc1.[Ir+3].[Pt+2]. The van der Waals surface area contributed by atoms with Crippen molar-refractivity contribution in [3.05, 3.63) is 236 Å². The molecular formula is C59H38IrN7O3Pt. The average Bonchev–Trinajstić information content (AvgIpc) is 3.43. The number of carbonyl (C=O) groups is 2. The summed E-state index contributed by atoms with van der Waals surface area (Å²) in [5.41, 5.74) is 9.60. The number of carbonyl (C=O) groups excluding carboxylic acids is 2. The van der Waals surface area contributed by atoms with E-state index < -0.39 is 0 Å². The molecule has 0 unspecified atom stereocenters. The van der Waals surface area contributed by atoms with Gasteiger partial charge in [0, 0.05) is 62.0 Å². The quantitative estimate of drug-likeness (QED) is 0.111. The normalized spacial score (nSPS) is 10.6. The maximum atomic E-state index is 14.7. The molecule has 0 bridgehead atoms. The van der Waals surface area contributed by atoms with E-state index in [2.05, 4.69) is 55.3 Å². The Morgan fingerprint density at radius 1 is 0.479 bits per heavy atom. The standard InChI is InChI=1S/C59H38N7O3.Ir.Pt/c1-65(47-25-20-40(21-26-47)53-17-5-8-30-60-53)58(67)45-35-44(36-46(37-45)59(68)66(2)48-27-22-41(23-28-48)54-18-6-9-31-61-54)50-15-3-4-16-51(50)52-29-24-43(57-63-33-12-34-64-57)39-56(52)69-49-14-11-13-42(38-49)55-19-7-10-32-62-55;;/h3-20,22,25-37H,1-2H3;;/q-5;+3;+2. The second-order valence-electron chi connectivity index (χ2n) is 15.8. The molecule has 2 amide bonds. The zero-order chi connectivity index (χ0) is 47.1. The number of hydrogen-bond donors (Lipinski definition) is 0. The van der Waals surface area contributed by atoms with Crippen LogP contribution in [0.2, 0.25) is 0 Å². The van der Waals surface area contributed by atoms with Gasteiger partial charge in [-0.05, 0) is 93.6 Å². The number of anilines is 2. The minimum Gasteiger partial charge on any atom is -0.515 e. The first-order valence-corrected chi connectivity index (χ1v) is 21.9. The second kappa shape index (κ2) is 22.6. The van der Waals surface area contributed by atoms with Crippen LogP contribution in [0.25, 0.3) is 67.4 Å². The molecule has 10 aromatic rings. The van der Waals surface area contributed by atoms with Crippen LogP contribution in [0, 0.1) is 30.3 Å². The maximum absolute atomic E-state index is 14.7. The number of amides is 2. The summed E-state index contributed by atoms with van der Waals surface area (Å²) >= 11 is 0. The number of nitrogens with zero attached hydrogens (tertiary/aromatic N) is 7. The number of ether oxygens (including phenoxy) is 1. The van der Waals surface area contributed by atoms with E-state index in [1.54, 1.807) is 91.3 Å². The predicted octanol–water partition coefficient (Wildman–Crippen LogP) is 12.0. The molecule has 10 rings (SSSR count). The minimum absolute atomic E-state index is 0. The summed E-state index contributed by atoms with van der Waals surface area (Å²) in [6.07, 6.45) is 8.50. The van der Waals surface area contributed by atoms with Crippen molar-refractivity contribution in [3.63, 3.8) is 0 Å². The number of rotatable bonds is 12. The van der Waals surface area contributed by atoms with E-state index in [0.717, 1.165) is 39.3 Å². The molecule has 0 atom stereocenters. The van der Waals surface area contributed by atoms with Crippen LogP contribution in [0.3, 0.4) is 0 Å². The van der Waals surface area contributed by atoms with Crippen LogP contribution >= 0.6 is 0 Å². The Morgan fingerprint density at radius 3 is 1.52 bits per heavy atom. The van der Waals surface area contributed by atoms with Gasteiger partial charge in [-0.15, -0.1) is 89.0 Å². The van der Waals surface area contributed by atoms with Crippen molar-refractivity contribution >= 4 is 23.2 Å². The van der Waals surface area contributed by atoms with E-state index in [4.69, 9.17) is 4.74 Å². The van der Waals surface area contributed by atoms with Crippen LogP contribution in [-0.4, -0.2) is 50.8 Å². The van der Waals surface area contributed by atoms with Crippen molar-refractivity contribution in [1.29, 1.82) is 0 Å². The first kappa shape index (κ1) is 49.4. The molecule has 71 heavy (non-hydrogen) atoms. The van der Waals surface area contributed by atoms with Crippen LogP contribution in [0.15, 0.2) is 195 Å². The molecule has 0 fully saturated rings. The second-order valence-corrected chi connectivity index (χ2v) is 15.8. The minimum atomic E-state index is -0.334. The molecule has 346 valence electrons. The predicted molar refractivity (Wildman–Crippen MR) is 267 cm³/mol. The van der Waals surface area contributed by atoms with E-state index in [9.17, 15) is 9.59 Å². The molecule has 0 N–H and O–H groups in total. The van der Waals surface area contributed by atoms with Crippen molar-refractivity contribution in [2.45, 2.75) is 0 Å². The van der Waals surface area contributed by atoms with Crippen LogP contribution in [0.5, 0.6) is 11.5 Å². The first-order chi connectivity index (χ1) is 33.9. The monoisotopic (exact) mass is 1280 g/mol. The summed E-state index contributed by atoms with van der Waals surface area (Å²) < 4.78 is 6.69. The Bertz CT molecular complexity index is 3310. The van der Waals surface area contributed by atoms with Gasteiger partial charge in [-0.2, -0.15) is 0 Å². The Kier molecular flexibility index (Phi) is 15.7. The van der Waals surface area contributed by atoms with Crippen molar-refractivity contribution in [3.8, 4) is 78.9 Å². The third-order valence-corrected chi connectivity index (χ3v) is 11.4. The van der Waals surface area contributed by atoms with Crippen molar-refractivity contribution in [1.82, 2.24) is 24.9 Å². The molecule has 10 nitrogen and oxygen atoms in total. The number of hydrogen-bond acceptors (Lipinski definition) is 8. The number of aromatic nitrogens is 5. The van der Waals surface area contributed by atoms with Crippen LogP contribution in [0.1, 0.15) is 20.7 Å². The molecule has 0 saturated carbocycles. The van der Waals surface area contributed by atoms with Crippen LogP contribution in [-0.2, 0) is 41.2 Å². The fraction of sp³-hybridized carbons (Fsp3) is 0.0339. The zero-order valence-electron chi connectivity index (χ0n) is 38.0. The molecule has 12 heteroatoms. The summed E-state index contributed by atoms with van der Waals surface area (Å²) in [4.78, 5) is 54.8. The van der Waals surface area contributed by atoms with Gasteiger partial charge in [-0.1, -0.05) is 72.3 Å². The van der Waals surface area contributed by atoms with E-state index >= 15 is 0 Å². The van der Waals surface area contributed by atoms with Crippen molar-refractivity contribution < 1.29 is 55.5 Å². The van der Waals surface area contributed by atoms with Gasteiger partial charge < -0.3 is 39.5 Å². The van der Waals surface area contributed by atoms with Gasteiger partial charge in [0.05, 0.1) is 0 Å². The summed E-state index contributed by atoms with van der Waals surface area (Å²) in [6.45, 7) is 0. The van der Waals surface area contributed by atoms with Gasteiger partial charge in [0.1, 0.15) is 0 Å². The van der Waals surface area contributed by atoms with Gasteiger partial charge >= 0.3 is 41.2 Å². The molecular weight excluding hydrogens is 1240 g/mol. The molecule has 4 aromatic heterocycles. The third kappa shape index (κ3) is 11.0. The Balaban J connectivity index is 0.00000338. The van der Waals surface area contributed by atoms with Gasteiger partial charge in [0.2, 0.25) is 11.8 Å².